The van der Waals surface area contributed by atoms with E-state index in [0.29, 0.717) is 0 Å². The fourth-order valence-corrected chi connectivity index (χ4v) is 8.24. The van der Waals surface area contributed by atoms with E-state index in [1.807, 2.05) is 0 Å². The molecule has 0 saturated carbocycles. The Morgan fingerprint density at radius 2 is 0.826 bits per heavy atom. The van der Waals surface area contributed by atoms with E-state index in [4.69, 9.17) is 4.98 Å². The summed E-state index contributed by atoms with van der Waals surface area (Å²) in [7, 11) is 0. The topological polar surface area (TPSA) is 12.9 Å². The van der Waals surface area contributed by atoms with Gasteiger partial charge in [0.25, 0.3) is 0 Å². The van der Waals surface area contributed by atoms with Crippen molar-refractivity contribution in [3.05, 3.63) is 197 Å². The second kappa shape index (κ2) is 9.99. The van der Waals surface area contributed by atoms with Gasteiger partial charge in [0.05, 0.1) is 16.8 Å². The SMILES string of the molecule is CC1(C)c2ccccc2C2(c3ccccc3-c3ccccc32)c2ccc(-c3cc(-c4ccccc4)cc(-c4ccccc4)n3)cc21. The van der Waals surface area contributed by atoms with Crippen molar-refractivity contribution < 1.29 is 0 Å². The second-order valence-electron chi connectivity index (χ2n) is 13.1. The molecule has 1 aromatic heterocycles. The van der Waals surface area contributed by atoms with Crippen molar-refractivity contribution in [2.24, 2.45) is 0 Å². The number of aromatic nitrogens is 1. The number of pyridine rings is 1. The number of fused-ring (bicyclic) bond motifs is 9. The smallest absolute Gasteiger partial charge is 0.0719 e. The molecule has 0 bridgehead atoms. The first kappa shape index (κ1) is 26.8. The molecule has 218 valence electrons. The lowest BCUT2D eigenvalue weighted by atomic mass is 9.55. The highest BCUT2D eigenvalue weighted by atomic mass is 14.7. The first-order valence-electron chi connectivity index (χ1n) is 16.1. The van der Waals surface area contributed by atoms with E-state index in [2.05, 4.69) is 178 Å². The summed E-state index contributed by atoms with van der Waals surface area (Å²) in [4.78, 5) is 5.30. The van der Waals surface area contributed by atoms with Crippen LogP contribution < -0.4 is 0 Å². The fraction of sp³-hybridized carbons (Fsp3) is 0.0889. The van der Waals surface area contributed by atoms with Gasteiger partial charge in [0.2, 0.25) is 0 Å². The number of hydrogen-bond donors (Lipinski definition) is 0. The lowest BCUT2D eigenvalue weighted by Gasteiger charge is -2.46. The molecule has 46 heavy (non-hydrogen) atoms. The minimum atomic E-state index is -0.387. The maximum absolute atomic E-state index is 5.30. The summed E-state index contributed by atoms with van der Waals surface area (Å²) < 4.78 is 0. The van der Waals surface area contributed by atoms with E-state index in [1.165, 1.54) is 55.6 Å². The molecule has 0 aliphatic heterocycles. The average Bonchev–Trinajstić information content (AvgIpc) is 3.42. The predicted molar refractivity (Wildman–Crippen MR) is 190 cm³/mol. The van der Waals surface area contributed by atoms with E-state index >= 15 is 0 Å². The molecule has 0 N–H and O–H groups in total. The van der Waals surface area contributed by atoms with Gasteiger partial charge in [0, 0.05) is 16.5 Å². The Morgan fingerprint density at radius 1 is 0.348 bits per heavy atom. The standard InChI is InChI=1S/C45H33N/c1-44(2)38-23-13-14-24-39(38)45(36-21-11-9-19-34(36)35-20-10-12-22-37(35)45)40-26-25-32(27-41(40)44)43-29-33(30-15-5-3-6-16-30)28-42(46-43)31-17-7-4-8-18-31/h3-29H,1-2H3. The summed E-state index contributed by atoms with van der Waals surface area (Å²) in [6.45, 7) is 4.77. The maximum Gasteiger partial charge on any atom is 0.0719 e. The average molecular weight is 588 g/mol. The zero-order chi connectivity index (χ0) is 30.9. The minimum absolute atomic E-state index is 0.209. The van der Waals surface area contributed by atoms with Crippen LogP contribution in [0.5, 0.6) is 0 Å². The van der Waals surface area contributed by atoms with Crippen LogP contribution in [0.15, 0.2) is 164 Å². The molecule has 0 radical (unpaired) electrons. The zero-order valence-corrected chi connectivity index (χ0v) is 26.0. The van der Waals surface area contributed by atoms with Crippen LogP contribution in [-0.4, -0.2) is 4.98 Å². The molecule has 1 spiro atoms. The molecule has 0 atom stereocenters. The fourth-order valence-electron chi connectivity index (χ4n) is 8.24. The highest BCUT2D eigenvalue weighted by Crippen LogP contribution is 2.62. The van der Waals surface area contributed by atoms with Gasteiger partial charge in [-0.25, -0.2) is 4.98 Å². The van der Waals surface area contributed by atoms with Crippen molar-refractivity contribution in [2.75, 3.05) is 0 Å². The van der Waals surface area contributed by atoms with Crippen LogP contribution in [0, 0.1) is 0 Å². The first-order valence-corrected chi connectivity index (χ1v) is 16.1. The van der Waals surface area contributed by atoms with Crippen LogP contribution in [0.2, 0.25) is 0 Å². The molecule has 1 heteroatoms. The van der Waals surface area contributed by atoms with Crippen molar-refractivity contribution in [1.29, 1.82) is 0 Å². The molecule has 0 unspecified atom stereocenters. The van der Waals surface area contributed by atoms with Crippen molar-refractivity contribution in [2.45, 2.75) is 24.7 Å². The Balaban J connectivity index is 1.33. The van der Waals surface area contributed by atoms with Crippen molar-refractivity contribution in [3.63, 3.8) is 0 Å². The summed E-state index contributed by atoms with van der Waals surface area (Å²) >= 11 is 0. The van der Waals surface area contributed by atoms with Crippen LogP contribution in [-0.2, 0) is 10.8 Å². The van der Waals surface area contributed by atoms with E-state index in [-0.39, 0.29) is 10.8 Å². The monoisotopic (exact) mass is 587 g/mol. The van der Waals surface area contributed by atoms with Crippen LogP contribution in [0.25, 0.3) is 44.8 Å². The van der Waals surface area contributed by atoms with Crippen LogP contribution in [0.1, 0.15) is 47.2 Å². The molecule has 9 rings (SSSR count). The summed E-state index contributed by atoms with van der Waals surface area (Å²) in [6, 6.07) is 59.9. The number of benzene rings is 6. The summed E-state index contributed by atoms with van der Waals surface area (Å²) in [5.74, 6) is 0. The molecule has 1 nitrogen and oxygen atoms in total. The molecule has 7 aromatic rings. The molecular weight excluding hydrogens is 555 g/mol. The van der Waals surface area contributed by atoms with E-state index < -0.39 is 0 Å². The number of nitrogens with zero attached hydrogens (tertiary/aromatic N) is 1. The molecule has 6 aromatic carbocycles. The van der Waals surface area contributed by atoms with Crippen LogP contribution >= 0.6 is 0 Å². The maximum atomic E-state index is 5.30. The molecular formula is C45H33N. The third-order valence-electron chi connectivity index (χ3n) is 10.4. The minimum Gasteiger partial charge on any atom is -0.248 e. The third kappa shape index (κ3) is 3.72. The third-order valence-corrected chi connectivity index (χ3v) is 10.4. The van der Waals surface area contributed by atoms with Gasteiger partial charge in [-0.3, -0.25) is 0 Å². The summed E-state index contributed by atoms with van der Waals surface area (Å²) in [5, 5.41) is 0. The molecule has 2 aliphatic rings. The molecule has 0 amide bonds. The largest absolute Gasteiger partial charge is 0.248 e. The number of hydrogen-bond acceptors (Lipinski definition) is 1. The Labute approximate surface area is 270 Å². The summed E-state index contributed by atoms with van der Waals surface area (Å²) in [5.41, 5.74) is 16.8. The Morgan fingerprint density at radius 3 is 1.46 bits per heavy atom. The van der Waals surface area contributed by atoms with E-state index in [0.717, 1.165) is 22.5 Å². The Kier molecular flexibility index (Phi) is 5.83. The van der Waals surface area contributed by atoms with Gasteiger partial charge >= 0.3 is 0 Å². The van der Waals surface area contributed by atoms with Gasteiger partial charge in [0.1, 0.15) is 0 Å². The molecule has 1 heterocycles. The van der Waals surface area contributed by atoms with Gasteiger partial charge in [-0.05, 0) is 73.8 Å². The molecule has 2 aliphatic carbocycles. The predicted octanol–water partition coefficient (Wildman–Crippen LogP) is 11.1. The normalized spacial score (nSPS) is 14.7. The van der Waals surface area contributed by atoms with Crippen molar-refractivity contribution >= 4 is 0 Å². The van der Waals surface area contributed by atoms with E-state index in [9.17, 15) is 0 Å². The van der Waals surface area contributed by atoms with Crippen molar-refractivity contribution in [3.8, 4) is 44.8 Å². The van der Waals surface area contributed by atoms with Crippen molar-refractivity contribution in [1.82, 2.24) is 4.98 Å². The van der Waals surface area contributed by atoms with Crippen LogP contribution in [0.4, 0.5) is 0 Å². The Bertz CT molecular complexity index is 2170. The lowest BCUT2D eigenvalue weighted by Crippen LogP contribution is -2.40. The van der Waals surface area contributed by atoms with Gasteiger partial charge in [-0.15, -0.1) is 0 Å². The Hall–Kier alpha value is -5.53. The van der Waals surface area contributed by atoms with Gasteiger partial charge in [-0.1, -0.05) is 159 Å². The highest BCUT2D eigenvalue weighted by molar-refractivity contribution is 5.89. The second-order valence-corrected chi connectivity index (χ2v) is 13.1. The zero-order valence-electron chi connectivity index (χ0n) is 26.0. The molecule has 0 saturated heterocycles. The number of rotatable bonds is 3. The quantitative estimate of drug-likeness (QED) is 0.200. The summed E-state index contributed by atoms with van der Waals surface area (Å²) in [6.07, 6.45) is 0. The highest BCUT2D eigenvalue weighted by Gasteiger charge is 2.53. The lowest BCUT2D eigenvalue weighted by molar-refractivity contribution is 0.563. The van der Waals surface area contributed by atoms with E-state index in [1.54, 1.807) is 0 Å². The van der Waals surface area contributed by atoms with Gasteiger partial charge < -0.3 is 0 Å². The first-order chi connectivity index (χ1) is 22.6. The van der Waals surface area contributed by atoms with Gasteiger partial charge in [0.15, 0.2) is 0 Å². The molecule has 0 fully saturated rings. The van der Waals surface area contributed by atoms with Crippen LogP contribution in [0.3, 0.4) is 0 Å². The van der Waals surface area contributed by atoms with Gasteiger partial charge in [-0.2, -0.15) is 0 Å².